The van der Waals surface area contributed by atoms with Gasteiger partial charge in [0.2, 0.25) is 0 Å². The van der Waals surface area contributed by atoms with Crippen molar-refractivity contribution in [3.05, 3.63) is 58.6 Å². The van der Waals surface area contributed by atoms with Crippen LogP contribution in [0.4, 0.5) is 4.39 Å². The minimum atomic E-state index is -0.241. The highest BCUT2D eigenvalue weighted by Crippen LogP contribution is 2.22. The van der Waals surface area contributed by atoms with E-state index in [1.807, 2.05) is 27.8 Å². The van der Waals surface area contributed by atoms with Gasteiger partial charge in [0.15, 0.2) is 10.7 Å². The van der Waals surface area contributed by atoms with Crippen molar-refractivity contribution in [2.75, 3.05) is 13.1 Å². The second kappa shape index (κ2) is 7.17. The summed E-state index contributed by atoms with van der Waals surface area (Å²) in [4.78, 5) is 20.2. The van der Waals surface area contributed by atoms with Gasteiger partial charge < -0.3 is 10.2 Å². The number of likely N-dealkylation sites (tertiary alicyclic amines) is 1. The van der Waals surface area contributed by atoms with E-state index in [0.29, 0.717) is 12.2 Å². The van der Waals surface area contributed by atoms with E-state index < -0.39 is 0 Å². The lowest BCUT2D eigenvalue weighted by atomic mass is 10.1. The van der Waals surface area contributed by atoms with Crippen LogP contribution in [0.2, 0.25) is 0 Å². The van der Waals surface area contributed by atoms with Crippen molar-refractivity contribution < 1.29 is 9.18 Å². The van der Waals surface area contributed by atoms with Gasteiger partial charge in [-0.15, -0.1) is 11.3 Å². The number of halogens is 1. The van der Waals surface area contributed by atoms with Gasteiger partial charge in [-0.05, 0) is 37.5 Å². The van der Waals surface area contributed by atoms with Gasteiger partial charge in [-0.3, -0.25) is 9.20 Å². The molecule has 136 valence electrons. The molecule has 1 saturated heterocycles. The minimum Gasteiger partial charge on any atom is -0.337 e. The van der Waals surface area contributed by atoms with Crippen molar-refractivity contribution in [1.29, 1.82) is 0 Å². The molecule has 5 nitrogen and oxygen atoms in total. The standard InChI is InChI=1S/C19H21FN4OS/c1-13(14-4-6-15(20)7-5-14)21-12-16-17(18(25)23-8-2-3-9-23)22-19-24(16)10-11-26-19/h4-7,10-11,13,21H,2-3,8-9,12H2,1H3/t13-/m0/s1. The summed E-state index contributed by atoms with van der Waals surface area (Å²) in [6.45, 7) is 4.16. The van der Waals surface area contributed by atoms with Crippen LogP contribution in [0.25, 0.3) is 4.96 Å². The quantitative estimate of drug-likeness (QED) is 0.744. The molecule has 1 aromatic carbocycles. The van der Waals surface area contributed by atoms with Gasteiger partial charge in [0.1, 0.15) is 5.82 Å². The second-order valence-corrected chi connectivity index (χ2v) is 7.49. The van der Waals surface area contributed by atoms with Crippen molar-refractivity contribution >= 4 is 22.2 Å². The molecule has 3 aromatic rings. The highest BCUT2D eigenvalue weighted by atomic mass is 32.1. The van der Waals surface area contributed by atoms with Crippen molar-refractivity contribution in [3.63, 3.8) is 0 Å². The van der Waals surface area contributed by atoms with E-state index in [1.165, 1.54) is 23.5 Å². The molecule has 3 heterocycles. The molecule has 26 heavy (non-hydrogen) atoms. The van der Waals surface area contributed by atoms with E-state index in [4.69, 9.17) is 0 Å². The molecule has 0 unspecified atom stereocenters. The number of fused-ring (bicyclic) bond motifs is 1. The van der Waals surface area contributed by atoms with E-state index in [1.54, 1.807) is 12.1 Å². The summed E-state index contributed by atoms with van der Waals surface area (Å²) in [6, 6.07) is 6.52. The first-order valence-corrected chi connectivity index (χ1v) is 9.74. The molecule has 0 aliphatic carbocycles. The number of thiazole rings is 1. The third-order valence-corrected chi connectivity index (χ3v) is 5.66. The first kappa shape index (κ1) is 17.2. The van der Waals surface area contributed by atoms with Crippen molar-refractivity contribution in [3.8, 4) is 0 Å². The van der Waals surface area contributed by atoms with E-state index in [-0.39, 0.29) is 17.8 Å². The fourth-order valence-electron chi connectivity index (χ4n) is 3.36. The molecule has 1 atom stereocenters. The molecule has 1 fully saturated rings. The lowest BCUT2D eigenvalue weighted by Gasteiger charge is -2.17. The van der Waals surface area contributed by atoms with Crippen LogP contribution in [0.1, 0.15) is 47.6 Å². The lowest BCUT2D eigenvalue weighted by molar-refractivity contribution is 0.0786. The van der Waals surface area contributed by atoms with E-state index in [0.717, 1.165) is 42.1 Å². The van der Waals surface area contributed by atoms with Gasteiger partial charge in [0.25, 0.3) is 5.91 Å². The van der Waals surface area contributed by atoms with Crippen LogP contribution in [0.5, 0.6) is 0 Å². The number of nitrogens with zero attached hydrogens (tertiary/aromatic N) is 3. The minimum absolute atomic E-state index is 0.0182. The van der Waals surface area contributed by atoms with Crippen molar-refractivity contribution in [2.45, 2.75) is 32.4 Å². The number of amides is 1. The van der Waals surface area contributed by atoms with Crippen molar-refractivity contribution in [2.24, 2.45) is 0 Å². The monoisotopic (exact) mass is 372 g/mol. The Hall–Kier alpha value is -2.25. The summed E-state index contributed by atoms with van der Waals surface area (Å²) in [5.74, 6) is -0.222. The molecule has 7 heteroatoms. The molecule has 0 spiro atoms. The Bertz CT molecular complexity index is 911. The summed E-state index contributed by atoms with van der Waals surface area (Å²) in [5.41, 5.74) is 2.43. The number of nitrogens with one attached hydrogen (secondary N) is 1. The number of hydrogen-bond donors (Lipinski definition) is 1. The average molecular weight is 372 g/mol. The van der Waals surface area contributed by atoms with Gasteiger partial charge in [0.05, 0.1) is 5.69 Å². The molecule has 1 N–H and O–H groups in total. The summed E-state index contributed by atoms with van der Waals surface area (Å²) in [6.07, 6.45) is 4.07. The number of benzene rings is 1. The zero-order valence-corrected chi connectivity index (χ0v) is 15.4. The van der Waals surface area contributed by atoms with Crippen LogP contribution in [0.3, 0.4) is 0 Å². The van der Waals surface area contributed by atoms with Crippen LogP contribution in [-0.4, -0.2) is 33.3 Å². The maximum absolute atomic E-state index is 13.1. The second-order valence-electron chi connectivity index (χ2n) is 6.62. The summed E-state index contributed by atoms with van der Waals surface area (Å²) < 4.78 is 15.1. The maximum atomic E-state index is 13.1. The van der Waals surface area contributed by atoms with Crippen LogP contribution in [0, 0.1) is 5.82 Å². The van der Waals surface area contributed by atoms with Gasteiger partial charge in [-0.25, -0.2) is 9.37 Å². The Labute approximate surface area is 155 Å². The lowest BCUT2D eigenvalue weighted by Crippen LogP contribution is -2.30. The van der Waals surface area contributed by atoms with Gasteiger partial charge in [0, 0.05) is 37.3 Å². The number of imidazole rings is 1. The number of carbonyl (C=O) groups excluding carboxylic acids is 1. The highest BCUT2D eigenvalue weighted by Gasteiger charge is 2.26. The van der Waals surface area contributed by atoms with Gasteiger partial charge in [-0.1, -0.05) is 12.1 Å². The third kappa shape index (κ3) is 3.24. The molecular weight excluding hydrogens is 351 g/mol. The Balaban J connectivity index is 1.56. The summed E-state index contributed by atoms with van der Waals surface area (Å²) >= 11 is 1.53. The third-order valence-electron chi connectivity index (χ3n) is 4.90. The normalized spacial score (nSPS) is 15.7. The fourth-order valence-corrected chi connectivity index (χ4v) is 4.09. The molecule has 1 aliphatic rings. The predicted molar refractivity (Wildman–Crippen MR) is 99.9 cm³/mol. The molecule has 0 bridgehead atoms. The van der Waals surface area contributed by atoms with Gasteiger partial charge in [-0.2, -0.15) is 0 Å². The zero-order chi connectivity index (χ0) is 18.1. The van der Waals surface area contributed by atoms with Gasteiger partial charge >= 0.3 is 0 Å². The number of rotatable bonds is 5. The van der Waals surface area contributed by atoms with Crippen molar-refractivity contribution in [1.82, 2.24) is 19.6 Å². The Morgan fingerprint density at radius 1 is 1.31 bits per heavy atom. The van der Waals surface area contributed by atoms with Crippen LogP contribution < -0.4 is 5.32 Å². The average Bonchev–Trinajstić information content (AvgIpc) is 3.37. The molecular formula is C19H21FN4OS. The fraction of sp³-hybridized carbons (Fsp3) is 0.368. The molecule has 0 radical (unpaired) electrons. The topological polar surface area (TPSA) is 49.6 Å². The Morgan fingerprint density at radius 3 is 2.77 bits per heavy atom. The first-order chi connectivity index (χ1) is 12.6. The zero-order valence-electron chi connectivity index (χ0n) is 14.6. The Morgan fingerprint density at radius 2 is 2.04 bits per heavy atom. The summed E-state index contributed by atoms with van der Waals surface area (Å²) in [7, 11) is 0. The predicted octanol–water partition coefficient (Wildman–Crippen LogP) is 3.62. The van der Waals surface area contributed by atoms with E-state index in [9.17, 15) is 9.18 Å². The molecule has 2 aromatic heterocycles. The van der Waals surface area contributed by atoms with Crippen LogP contribution in [-0.2, 0) is 6.54 Å². The van der Waals surface area contributed by atoms with Crippen LogP contribution in [0.15, 0.2) is 35.8 Å². The first-order valence-electron chi connectivity index (χ1n) is 8.86. The molecule has 0 saturated carbocycles. The largest absolute Gasteiger partial charge is 0.337 e. The molecule has 1 amide bonds. The SMILES string of the molecule is C[C@H](NCc1c(C(=O)N2CCCC2)nc2sccn12)c1ccc(F)cc1. The molecule has 4 rings (SSSR count). The number of hydrogen-bond acceptors (Lipinski definition) is 4. The van der Waals surface area contributed by atoms with E-state index >= 15 is 0 Å². The summed E-state index contributed by atoms with van der Waals surface area (Å²) in [5, 5.41) is 5.41. The number of carbonyl (C=O) groups is 1. The van der Waals surface area contributed by atoms with E-state index in [2.05, 4.69) is 10.3 Å². The smallest absolute Gasteiger partial charge is 0.274 e. The highest BCUT2D eigenvalue weighted by molar-refractivity contribution is 7.15. The Kier molecular flexibility index (Phi) is 4.74. The number of aromatic nitrogens is 2. The maximum Gasteiger partial charge on any atom is 0.274 e. The van der Waals surface area contributed by atoms with Crippen LogP contribution >= 0.6 is 11.3 Å². The molecule has 1 aliphatic heterocycles.